The molecule has 0 radical (unpaired) electrons. The molecule has 4 nitrogen and oxygen atoms in total. The molecule has 4 aliphatic carbocycles. The van der Waals surface area contributed by atoms with Crippen LogP contribution < -0.4 is 0 Å². The highest BCUT2D eigenvalue weighted by Crippen LogP contribution is 2.60. The summed E-state index contributed by atoms with van der Waals surface area (Å²) in [4.78, 5) is 36.2. The molecule has 4 saturated carbocycles. The van der Waals surface area contributed by atoms with Gasteiger partial charge in [-0.15, -0.1) is 0 Å². The fourth-order valence-corrected chi connectivity index (χ4v) is 5.30. The molecule has 22 heavy (non-hydrogen) atoms. The molecule has 4 fully saturated rings. The summed E-state index contributed by atoms with van der Waals surface area (Å²) in [6, 6.07) is 0. The first-order valence-electron chi connectivity index (χ1n) is 8.22. The highest BCUT2D eigenvalue weighted by atomic mass is 16.6. The van der Waals surface area contributed by atoms with Crippen LogP contribution in [0.5, 0.6) is 0 Å². The van der Waals surface area contributed by atoms with Gasteiger partial charge in [-0.1, -0.05) is 6.58 Å². The largest absolute Gasteiger partial charge is 0.455 e. The molecule has 0 spiro atoms. The van der Waals surface area contributed by atoms with E-state index in [0.717, 1.165) is 25.7 Å². The van der Waals surface area contributed by atoms with Crippen molar-refractivity contribution in [2.75, 3.05) is 0 Å². The molecule has 0 heterocycles. The molecule has 3 atom stereocenters. The Morgan fingerprint density at radius 2 is 1.68 bits per heavy atom. The predicted molar refractivity (Wildman–Crippen MR) is 81.0 cm³/mol. The van der Waals surface area contributed by atoms with Crippen molar-refractivity contribution in [1.29, 1.82) is 0 Å². The van der Waals surface area contributed by atoms with E-state index in [1.54, 1.807) is 6.92 Å². The van der Waals surface area contributed by atoms with E-state index in [1.165, 1.54) is 13.3 Å². The maximum absolute atomic E-state index is 12.7. The second kappa shape index (κ2) is 5.32. The average molecular weight is 304 g/mol. The predicted octanol–water partition coefficient (Wildman–Crippen LogP) is 2.85. The third-order valence-corrected chi connectivity index (χ3v) is 5.66. The smallest absolute Gasteiger partial charge is 0.333 e. The fourth-order valence-electron chi connectivity index (χ4n) is 5.30. The normalized spacial score (nSPS) is 38.6. The van der Waals surface area contributed by atoms with Gasteiger partial charge in [0.05, 0.1) is 12.3 Å². The van der Waals surface area contributed by atoms with Gasteiger partial charge in [0.15, 0.2) is 0 Å². The SMILES string of the molecule is C=C(C)C(=O)OC12CC3CC(CC(C3)C1C(=O)CC(C)=O)C2. The fraction of sp³-hybridized carbons (Fsp3) is 0.722. The third-order valence-electron chi connectivity index (χ3n) is 5.66. The van der Waals surface area contributed by atoms with Crippen molar-refractivity contribution in [2.45, 2.75) is 58.0 Å². The number of esters is 1. The molecule has 0 aromatic rings. The van der Waals surface area contributed by atoms with Crippen molar-refractivity contribution in [2.24, 2.45) is 23.7 Å². The van der Waals surface area contributed by atoms with Gasteiger partial charge in [-0.05, 0) is 63.7 Å². The second-order valence-corrected chi connectivity index (χ2v) is 7.66. The Labute approximate surface area is 131 Å². The Hall–Kier alpha value is -1.45. The quantitative estimate of drug-likeness (QED) is 0.445. The zero-order valence-electron chi connectivity index (χ0n) is 13.4. The summed E-state index contributed by atoms with van der Waals surface area (Å²) < 4.78 is 5.86. The lowest BCUT2D eigenvalue weighted by Crippen LogP contribution is -2.61. The van der Waals surface area contributed by atoms with Crippen molar-refractivity contribution in [1.82, 2.24) is 0 Å². The van der Waals surface area contributed by atoms with E-state index in [2.05, 4.69) is 6.58 Å². The first-order chi connectivity index (χ1) is 10.3. The summed E-state index contributed by atoms with van der Waals surface area (Å²) in [6.45, 7) is 6.74. The number of carbonyl (C=O) groups is 3. The molecule has 0 N–H and O–H groups in total. The van der Waals surface area contributed by atoms with Gasteiger partial charge < -0.3 is 4.74 Å². The lowest BCUT2D eigenvalue weighted by molar-refractivity contribution is -0.204. The van der Waals surface area contributed by atoms with Crippen LogP contribution in [0.25, 0.3) is 0 Å². The molecular formula is C18H24O4. The van der Waals surface area contributed by atoms with Crippen LogP contribution in [0.2, 0.25) is 0 Å². The van der Waals surface area contributed by atoms with E-state index < -0.39 is 11.6 Å². The van der Waals surface area contributed by atoms with E-state index in [1.807, 2.05) is 0 Å². The highest BCUT2D eigenvalue weighted by molar-refractivity contribution is 6.00. The van der Waals surface area contributed by atoms with Crippen LogP contribution in [-0.2, 0) is 19.1 Å². The Kier molecular flexibility index (Phi) is 3.74. The van der Waals surface area contributed by atoms with Crippen molar-refractivity contribution in [3.05, 3.63) is 12.2 Å². The van der Waals surface area contributed by atoms with Crippen LogP contribution in [0, 0.1) is 23.7 Å². The molecule has 4 rings (SSSR count). The molecule has 0 saturated heterocycles. The van der Waals surface area contributed by atoms with Crippen molar-refractivity contribution in [3.8, 4) is 0 Å². The summed E-state index contributed by atoms with van der Waals surface area (Å²) in [6.07, 6.45) is 4.77. The Morgan fingerprint density at radius 1 is 1.09 bits per heavy atom. The maximum atomic E-state index is 12.7. The number of hydrogen-bond acceptors (Lipinski definition) is 4. The topological polar surface area (TPSA) is 60.4 Å². The molecule has 4 aliphatic rings. The number of ether oxygens (including phenoxy) is 1. The van der Waals surface area contributed by atoms with Gasteiger partial charge >= 0.3 is 5.97 Å². The van der Waals surface area contributed by atoms with Gasteiger partial charge in [-0.25, -0.2) is 4.79 Å². The number of rotatable bonds is 5. The van der Waals surface area contributed by atoms with Crippen LogP contribution in [-0.4, -0.2) is 23.1 Å². The van der Waals surface area contributed by atoms with Crippen molar-refractivity contribution >= 4 is 17.5 Å². The summed E-state index contributed by atoms with van der Waals surface area (Å²) in [5.74, 6) is 0.533. The first kappa shape index (κ1) is 15.4. The van der Waals surface area contributed by atoms with E-state index in [0.29, 0.717) is 17.4 Å². The van der Waals surface area contributed by atoms with Crippen LogP contribution in [0.3, 0.4) is 0 Å². The summed E-state index contributed by atoms with van der Waals surface area (Å²) in [5.41, 5.74) is -0.314. The standard InChI is InChI=1S/C18H24O4/c1-10(2)17(21)22-18-8-12-5-13(9-18)7-14(6-12)16(18)15(20)4-11(3)19/h12-14,16H,1,4-9H2,2-3H3. The number of ketones is 2. The van der Waals surface area contributed by atoms with E-state index >= 15 is 0 Å². The van der Waals surface area contributed by atoms with Crippen LogP contribution in [0.15, 0.2) is 12.2 Å². The minimum Gasteiger partial charge on any atom is -0.455 e. The Balaban J connectivity index is 1.91. The Morgan fingerprint density at radius 3 is 2.18 bits per heavy atom. The van der Waals surface area contributed by atoms with Gasteiger partial charge in [-0.3, -0.25) is 9.59 Å². The van der Waals surface area contributed by atoms with Gasteiger partial charge in [0.2, 0.25) is 0 Å². The van der Waals surface area contributed by atoms with Crippen LogP contribution in [0.4, 0.5) is 0 Å². The minimum absolute atomic E-state index is 0.0363. The van der Waals surface area contributed by atoms with Crippen LogP contribution in [0.1, 0.15) is 52.4 Å². The highest BCUT2D eigenvalue weighted by Gasteiger charge is 2.61. The second-order valence-electron chi connectivity index (χ2n) is 7.66. The number of Topliss-reactive ketones (excluding diaryl/α,β-unsaturated/α-hetero) is 2. The van der Waals surface area contributed by atoms with Crippen molar-refractivity contribution < 1.29 is 19.1 Å². The van der Waals surface area contributed by atoms with Gasteiger partial charge in [-0.2, -0.15) is 0 Å². The lowest BCUT2D eigenvalue weighted by Gasteiger charge is -2.59. The average Bonchev–Trinajstić information content (AvgIpc) is 2.35. The van der Waals surface area contributed by atoms with E-state index in [-0.39, 0.29) is 29.8 Å². The van der Waals surface area contributed by atoms with E-state index in [4.69, 9.17) is 4.74 Å². The molecule has 3 unspecified atom stereocenters. The molecule has 0 amide bonds. The summed E-state index contributed by atoms with van der Waals surface area (Å²) in [7, 11) is 0. The van der Waals surface area contributed by atoms with E-state index in [9.17, 15) is 14.4 Å². The maximum Gasteiger partial charge on any atom is 0.333 e. The molecule has 4 bridgehead atoms. The number of hydrogen-bond donors (Lipinski definition) is 0. The molecule has 0 aromatic heterocycles. The number of carbonyl (C=O) groups excluding carboxylic acids is 3. The van der Waals surface area contributed by atoms with Crippen molar-refractivity contribution in [3.63, 3.8) is 0 Å². The summed E-state index contributed by atoms with van der Waals surface area (Å²) >= 11 is 0. The van der Waals surface area contributed by atoms with Crippen LogP contribution >= 0.6 is 0 Å². The molecular weight excluding hydrogens is 280 g/mol. The molecule has 120 valence electrons. The third kappa shape index (κ3) is 2.53. The lowest BCUT2D eigenvalue weighted by atomic mass is 9.48. The minimum atomic E-state index is -0.683. The monoisotopic (exact) mass is 304 g/mol. The van der Waals surface area contributed by atoms with Gasteiger partial charge in [0.25, 0.3) is 0 Å². The zero-order valence-corrected chi connectivity index (χ0v) is 13.4. The summed E-state index contributed by atoms with van der Waals surface area (Å²) in [5, 5.41) is 0. The first-order valence-corrected chi connectivity index (χ1v) is 8.22. The molecule has 0 aromatic carbocycles. The van der Waals surface area contributed by atoms with Gasteiger partial charge in [0, 0.05) is 5.57 Å². The zero-order chi connectivity index (χ0) is 16.1. The van der Waals surface area contributed by atoms with Gasteiger partial charge in [0.1, 0.15) is 17.2 Å². The molecule has 0 aliphatic heterocycles. The Bertz CT molecular complexity index is 533. The molecule has 4 heteroatoms.